The highest BCUT2D eigenvalue weighted by Gasteiger charge is 2.31. The first-order valence-electron chi connectivity index (χ1n) is 8.59. The van der Waals surface area contributed by atoms with Crippen LogP contribution in [0.25, 0.3) is 16.4 Å². The Morgan fingerprint density at radius 2 is 2.07 bits per heavy atom. The zero-order chi connectivity index (χ0) is 21.3. The maximum Gasteiger partial charge on any atom is 0.416 e. The van der Waals surface area contributed by atoms with Gasteiger partial charge in [0.2, 0.25) is 0 Å². The molecule has 1 aromatic carbocycles. The smallest absolute Gasteiger partial charge is 0.416 e. The van der Waals surface area contributed by atoms with Crippen LogP contribution >= 0.6 is 11.3 Å². The topological polar surface area (TPSA) is 83.0 Å². The van der Waals surface area contributed by atoms with Crippen molar-refractivity contribution in [3.63, 3.8) is 0 Å². The minimum absolute atomic E-state index is 0.118. The average molecular weight is 434 g/mol. The third-order valence-electron chi connectivity index (χ3n) is 3.98. The molecule has 3 aromatic heterocycles. The molecular weight excluding hydrogens is 421 g/mol. The SMILES string of the molecule is Cc1cc(COC(=O)c2nc(-c3cccs3)n(-c3cccc(C(F)(F)F)c3)n2)no1. The summed E-state index contributed by atoms with van der Waals surface area (Å²) in [7, 11) is 0. The third kappa shape index (κ3) is 4.10. The highest BCUT2D eigenvalue weighted by molar-refractivity contribution is 7.13. The number of halogens is 3. The summed E-state index contributed by atoms with van der Waals surface area (Å²) in [6, 6.07) is 9.72. The molecule has 7 nitrogen and oxygen atoms in total. The van der Waals surface area contributed by atoms with E-state index in [1.54, 1.807) is 30.5 Å². The first kappa shape index (κ1) is 19.8. The summed E-state index contributed by atoms with van der Waals surface area (Å²) in [6.07, 6.45) is -4.52. The number of rotatable bonds is 5. The summed E-state index contributed by atoms with van der Waals surface area (Å²) in [6.45, 7) is 1.55. The molecule has 3 heterocycles. The highest BCUT2D eigenvalue weighted by atomic mass is 32.1. The summed E-state index contributed by atoms with van der Waals surface area (Å²) in [5.41, 5.74) is -0.304. The molecule has 30 heavy (non-hydrogen) atoms. The Morgan fingerprint density at radius 1 is 1.23 bits per heavy atom. The van der Waals surface area contributed by atoms with Crippen molar-refractivity contribution in [2.45, 2.75) is 19.7 Å². The Balaban J connectivity index is 1.68. The summed E-state index contributed by atoms with van der Waals surface area (Å²) < 4.78 is 50.6. The van der Waals surface area contributed by atoms with Gasteiger partial charge in [-0.1, -0.05) is 17.3 Å². The van der Waals surface area contributed by atoms with Crippen LogP contribution in [0.2, 0.25) is 0 Å². The van der Waals surface area contributed by atoms with Crippen molar-refractivity contribution < 1.29 is 27.2 Å². The standard InChI is InChI=1S/C19H13F3N4O3S/c1-11-8-13(25-29-11)10-28-18(27)16-23-17(15-6-3-7-30-15)26(24-16)14-5-2-4-12(9-14)19(20,21)22/h2-9H,10H2,1H3. The van der Waals surface area contributed by atoms with Crippen LogP contribution in [0.15, 0.2) is 52.4 Å². The predicted molar refractivity (Wildman–Crippen MR) is 100 cm³/mol. The van der Waals surface area contributed by atoms with Crippen molar-refractivity contribution >= 4 is 17.3 Å². The van der Waals surface area contributed by atoms with E-state index < -0.39 is 17.7 Å². The van der Waals surface area contributed by atoms with Crippen LogP contribution in [0.1, 0.15) is 27.6 Å². The molecule has 11 heteroatoms. The molecule has 4 aromatic rings. The normalized spacial score (nSPS) is 11.6. The number of ether oxygens (including phenoxy) is 1. The van der Waals surface area contributed by atoms with E-state index in [-0.39, 0.29) is 23.9 Å². The Labute approximate surface area is 171 Å². The lowest BCUT2D eigenvalue weighted by atomic mass is 10.2. The number of hydrogen-bond acceptors (Lipinski definition) is 7. The molecule has 0 radical (unpaired) electrons. The predicted octanol–water partition coefficient (Wildman–Crippen LogP) is 4.67. The van der Waals surface area contributed by atoms with Gasteiger partial charge < -0.3 is 9.26 Å². The van der Waals surface area contributed by atoms with Gasteiger partial charge in [-0.15, -0.1) is 16.4 Å². The Hall–Kier alpha value is -3.47. The van der Waals surface area contributed by atoms with Crippen LogP contribution in [0, 0.1) is 6.92 Å². The lowest BCUT2D eigenvalue weighted by Crippen LogP contribution is -2.09. The van der Waals surface area contributed by atoms with Gasteiger partial charge in [0.1, 0.15) is 18.1 Å². The molecule has 4 rings (SSSR count). The molecule has 0 aliphatic carbocycles. The molecule has 0 fully saturated rings. The zero-order valence-electron chi connectivity index (χ0n) is 15.4. The second-order valence-electron chi connectivity index (χ2n) is 6.20. The fourth-order valence-electron chi connectivity index (χ4n) is 2.65. The summed E-state index contributed by atoms with van der Waals surface area (Å²) >= 11 is 1.31. The molecule has 0 saturated carbocycles. The van der Waals surface area contributed by atoms with Gasteiger partial charge >= 0.3 is 12.1 Å². The molecule has 0 aliphatic rings. The molecule has 0 amide bonds. The molecule has 0 atom stereocenters. The largest absolute Gasteiger partial charge is 0.453 e. The van der Waals surface area contributed by atoms with Gasteiger partial charge in [0.15, 0.2) is 5.82 Å². The lowest BCUT2D eigenvalue weighted by Gasteiger charge is -2.09. The maximum absolute atomic E-state index is 13.1. The van der Waals surface area contributed by atoms with Crippen molar-refractivity contribution in [3.8, 4) is 16.4 Å². The van der Waals surface area contributed by atoms with Crippen LogP contribution in [0.5, 0.6) is 0 Å². The Morgan fingerprint density at radius 3 is 2.73 bits per heavy atom. The zero-order valence-corrected chi connectivity index (χ0v) is 16.2. The van der Waals surface area contributed by atoms with Crippen molar-refractivity contribution in [2.24, 2.45) is 0 Å². The summed E-state index contributed by atoms with van der Waals surface area (Å²) in [4.78, 5) is 17.3. The first-order valence-corrected chi connectivity index (χ1v) is 9.47. The number of carbonyl (C=O) groups is 1. The highest BCUT2D eigenvalue weighted by Crippen LogP contribution is 2.32. The van der Waals surface area contributed by atoms with E-state index in [1.807, 2.05) is 0 Å². The van der Waals surface area contributed by atoms with Crippen molar-refractivity contribution in [3.05, 3.63) is 70.7 Å². The number of carbonyl (C=O) groups excluding carboxylic acids is 1. The molecule has 0 bridgehead atoms. The van der Waals surface area contributed by atoms with Crippen LogP contribution < -0.4 is 0 Å². The summed E-state index contributed by atoms with van der Waals surface area (Å²) in [5.74, 6) is -0.322. The van der Waals surface area contributed by atoms with Gasteiger partial charge in [0.25, 0.3) is 5.82 Å². The van der Waals surface area contributed by atoms with Crippen molar-refractivity contribution in [1.82, 2.24) is 19.9 Å². The number of thiophene rings is 1. The van der Waals surface area contributed by atoms with E-state index >= 15 is 0 Å². The van der Waals surface area contributed by atoms with Crippen LogP contribution in [0.4, 0.5) is 13.2 Å². The van der Waals surface area contributed by atoms with Crippen molar-refractivity contribution in [2.75, 3.05) is 0 Å². The fraction of sp³-hybridized carbons (Fsp3) is 0.158. The minimum Gasteiger partial charge on any atom is -0.453 e. The van der Waals surface area contributed by atoms with Crippen LogP contribution in [-0.2, 0) is 17.5 Å². The number of hydrogen-bond donors (Lipinski definition) is 0. The van der Waals surface area contributed by atoms with E-state index in [2.05, 4.69) is 15.2 Å². The average Bonchev–Trinajstić information content (AvgIpc) is 3.45. The number of alkyl halides is 3. The fourth-order valence-corrected chi connectivity index (χ4v) is 3.35. The van der Waals surface area contributed by atoms with Gasteiger partial charge in [-0.2, -0.15) is 18.2 Å². The van der Waals surface area contributed by atoms with Gasteiger partial charge in [-0.25, -0.2) is 9.48 Å². The number of aromatic nitrogens is 4. The van der Waals surface area contributed by atoms with E-state index in [9.17, 15) is 18.0 Å². The summed E-state index contributed by atoms with van der Waals surface area (Å²) in [5, 5.41) is 9.61. The van der Waals surface area contributed by atoms with Gasteiger partial charge in [-0.05, 0) is 36.6 Å². The first-order chi connectivity index (χ1) is 14.3. The quantitative estimate of drug-likeness (QED) is 0.425. The second-order valence-corrected chi connectivity index (χ2v) is 7.15. The van der Waals surface area contributed by atoms with E-state index in [1.165, 1.54) is 28.2 Å². The van der Waals surface area contributed by atoms with Gasteiger partial charge in [-0.3, -0.25) is 0 Å². The third-order valence-corrected chi connectivity index (χ3v) is 4.84. The van der Waals surface area contributed by atoms with Crippen molar-refractivity contribution in [1.29, 1.82) is 0 Å². The molecular formula is C19H13F3N4O3S. The van der Waals surface area contributed by atoms with E-state index in [0.29, 0.717) is 16.3 Å². The maximum atomic E-state index is 13.1. The number of aryl methyl sites for hydroxylation is 1. The molecule has 0 aliphatic heterocycles. The molecule has 0 saturated heterocycles. The molecule has 0 N–H and O–H groups in total. The Kier molecular flexibility index (Phi) is 5.12. The minimum atomic E-state index is -4.52. The number of nitrogens with zero attached hydrogens (tertiary/aromatic N) is 4. The Bertz CT molecular complexity index is 1180. The molecule has 0 unspecified atom stereocenters. The monoisotopic (exact) mass is 434 g/mol. The number of esters is 1. The lowest BCUT2D eigenvalue weighted by molar-refractivity contribution is -0.137. The van der Waals surface area contributed by atoms with Crippen LogP contribution in [0.3, 0.4) is 0 Å². The number of benzene rings is 1. The molecule has 154 valence electrons. The van der Waals surface area contributed by atoms with Gasteiger partial charge in [0.05, 0.1) is 16.1 Å². The molecule has 0 spiro atoms. The van der Waals surface area contributed by atoms with Crippen LogP contribution in [-0.4, -0.2) is 25.9 Å². The van der Waals surface area contributed by atoms with E-state index in [4.69, 9.17) is 9.26 Å². The van der Waals surface area contributed by atoms with E-state index in [0.717, 1.165) is 12.1 Å². The second kappa shape index (κ2) is 7.75. The van der Waals surface area contributed by atoms with Gasteiger partial charge in [0, 0.05) is 6.07 Å².